The summed E-state index contributed by atoms with van der Waals surface area (Å²) in [6.07, 6.45) is 6.98. The van der Waals surface area contributed by atoms with Crippen LogP contribution in [0.15, 0.2) is 4.99 Å². The summed E-state index contributed by atoms with van der Waals surface area (Å²) in [5.41, 5.74) is -4.88. The summed E-state index contributed by atoms with van der Waals surface area (Å²) in [5.74, 6) is 1.48. The summed E-state index contributed by atoms with van der Waals surface area (Å²) in [6.45, 7) is 3.18. The summed E-state index contributed by atoms with van der Waals surface area (Å²) >= 11 is 0. The number of nitrogens with one attached hydrogen (secondary N) is 2. The second-order valence-corrected chi connectivity index (χ2v) is 9.88. The molecule has 3 aliphatic rings. The topological polar surface area (TPSA) is 73.8 Å². The van der Waals surface area contributed by atoms with Crippen molar-refractivity contribution in [3.05, 3.63) is 0 Å². The Morgan fingerprint density at radius 2 is 1.79 bits per heavy atom. The van der Waals surface area contributed by atoms with E-state index in [1.807, 2.05) is 6.92 Å². The lowest BCUT2D eigenvalue weighted by Gasteiger charge is -2.41. The quantitative estimate of drug-likeness (QED) is 0.310. The Labute approximate surface area is 182 Å². The molecule has 3 fully saturated rings. The first-order valence-electron chi connectivity index (χ1n) is 9.79. The Bertz CT molecular complexity index is 656. The average molecular weight is 538 g/mol. The molecule has 2 N–H and O–H groups in total. The minimum atomic E-state index is -5.23. The van der Waals surface area contributed by atoms with Crippen LogP contribution < -0.4 is 10.6 Å². The van der Waals surface area contributed by atoms with Gasteiger partial charge in [0.05, 0.1) is 0 Å². The maximum absolute atomic E-state index is 12.7. The van der Waals surface area contributed by atoms with Crippen LogP contribution in [0.3, 0.4) is 0 Å². The first-order chi connectivity index (χ1) is 12.7. The molecular formula is C17H30F3IN4O2S. The van der Waals surface area contributed by atoms with Crippen molar-refractivity contribution in [1.82, 2.24) is 14.9 Å². The normalized spacial score (nSPS) is 24.2. The van der Waals surface area contributed by atoms with E-state index in [0.717, 1.165) is 12.5 Å². The molecular weight excluding hydrogens is 508 g/mol. The molecule has 0 bridgehead atoms. The van der Waals surface area contributed by atoms with E-state index in [4.69, 9.17) is 4.99 Å². The highest BCUT2D eigenvalue weighted by Gasteiger charge is 2.51. The number of hydrogen-bond acceptors (Lipinski definition) is 3. The molecule has 6 nitrogen and oxygen atoms in total. The van der Waals surface area contributed by atoms with Gasteiger partial charge in [-0.15, -0.1) is 24.0 Å². The van der Waals surface area contributed by atoms with Crippen molar-refractivity contribution in [2.45, 2.75) is 63.4 Å². The van der Waals surface area contributed by atoms with Gasteiger partial charge in [-0.1, -0.05) is 6.42 Å². The van der Waals surface area contributed by atoms with Gasteiger partial charge in [0.2, 0.25) is 0 Å². The Morgan fingerprint density at radius 3 is 2.21 bits per heavy atom. The predicted molar refractivity (Wildman–Crippen MR) is 113 cm³/mol. The molecule has 1 saturated heterocycles. The van der Waals surface area contributed by atoms with E-state index < -0.39 is 15.5 Å². The monoisotopic (exact) mass is 538 g/mol. The third-order valence-electron chi connectivity index (χ3n) is 6.12. The summed E-state index contributed by atoms with van der Waals surface area (Å²) in [5, 5.41) is 6.49. The van der Waals surface area contributed by atoms with E-state index in [1.165, 1.54) is 32.1 Å². The maximum Gasteiger partial charge on any atom is 0.511 e. The third kappa shape index (κ3) is 5.24. The molecule has 28 heavy (non-hydrogen) atoms. The summed E-state index contributed by atoms with van der Waals surface area (Å²) in [4.78, 5) is 4.75. The van der Waals surface area contributed by atoms with Gasteiger partial charge in [0.1, 0.15) is 0 Å². The molecule has 0 atom stereocenters. The molecule has 0 spiro atoms. The molecule has 3 rings (SSSR count). The molecule has 11 heteroatoms. The zero-order chi connectivity index (χ0) is 19.7. The van der Waals surface area contributed by atoms with Crippen molar-refractivity contribution in [2.75, 3.05) is 26.2 Å². The lowest BCUT2D eigenvalue weighted by Crippen LogP contribution is -2.52. The standard InChI is InChI=1S/C17H29F3N4O2S.HI/c1-2-21-15(22-12-16(8-3-9-16)13-4-5-13)23-14-6-10-24(11-7-14)27(25,26)17(18,19)20;/h13-14H,2-12H2,1H3,(H2,21,22,23);1H. The van der Waals surface area contributed by atoms with E-state index in [9.17, 15) is 21.6 Å². The summed E-state index contributed by atoms with van der Waals surface area (Å²) in [7, 11) is -5.23. The minimum Gasteiger partial charge on any atom is -0.357 e. The van der Waals surface area contributed by atoms with Crippen LogP contribution in [0.1, 0.15) is 51.9 Å². The van der Waals surface area contributed by atoms with Crippen molar-refractivity contribution in [1.29, 1.82) is 0 Å². The number of piperidine rings is 1. The van der Waals surface area contributed by atoms with Crippen molar-refractivity contribution in [3.8, 4) is 0 Å². The molecule has 0 aromatic heterocycles. The highest BCUT2D eigenvalue weighted by molar-refractivity contribution is 14.0. The van der Waals surface area contributed by atoms with Gasteiger partial charge < -0.3 is 10.6 Å². The van der Waals surface area contributed by atoms with Gasteiger partial charge in [-0.2, -0.15) is 17.5 Å². The van der Waals surface area contributed by atoms with Crippen LogP contribution >= 0.6 is 24.0 Å². The molecule has 0 aromatic rings. The number of sulfonamides is 1. The molecule has 1 heterocycles. The minimum absolute atomic E-state index is 0. The number of nitrogens with zero attached hydrogens (tertiary/aromatic N) is 2. The molecule has 0 amide bonds. The van der Waals surface area contributed by atoms with Crippen LogP contribution in [0.4, 0.5) is 13.2 Å². The van der Waals surface area contributed by atoms with Crippen molar-refractivity contribution < 1.29 is 21.6 Å². The number of hydrogen-bond donors (Lipinski definition) is 2. The number of rotatable bonds is 6. The van der Waals surface area contributed by atoms with Gasteiger partial charge in [0.25, 0.3) is 0 Å². The molecule has 2 saturated carbocycles. The van der Waals surface area contributed by atoms with Crippen LogP contribution in [-0.2, 0) is 10.0 Å². The van der Waals surface area contributed by atoms with Gasteiger partial charge in [-0.05, 0) is 56.8 Å². The molecule has 0 radical (unpaired) electrons. The van der Waals surface area contributed by atoms with Gasteiger partial charge in [-0.3, -0.25) is 4.99 Å². The number of aliphatic imine (C=N–C) groups is 1. The largest absolute Gasteiger partial charge is 0.511 e. The summed E-state index contributed by atoms with van der Waals surface area (Å²) < 4.78 is 61.6. The smallest absolute Gasteiger partial charge is 0.357 e. The predicted octanol–water partition coefficient (Wildman–Crippen LogP) is 3.05. The lowest BCUT2D eigenvalue weighted by atomic mass is 9.65. The van der Waals surface area contributed by atoms with E-state index in [1.54, 1.807) is 0 Å². The lowest BCUT2D eigenvalue weighted by molar-refractivity contribution is -0.0494. The van der Waals surface area contributed by atoms with Crippen molar-refractivity contribution >= 4 is 40.0 Å². The molecule has 1 aliphatic heterocycles. The average Bonchev–Trinajstić information content (AvgIpc) is 3.39. The highest BCUT2D eigenvalue weighted by atomic mass is 127. The van der Waals surface area contributed by atoms with E-state index >= 15 is 0 Å². The van der Waals surface area contributed by atoms with E-state index in [-0.39, 0.29) is 43.1 Å². The second-order valence-electron chi connectivity index (χ2n) is 7.95. The van der Waals surface area contributed by atoms with Gasteiger partial charge in [0.15, 0.2) is 5.96 Å². The molecule has 0 aromatic carbocycles. The van der Waals surface area contributed by atoms with Crippen LogP contribution in [0.2, 0.25) is 0 Å². The number of alkyl halides is 3. The van der Waals surface area contributed by atoms with Crippen LogP contribution in [0, 0.1) is 11.3 Å². The van der Waals surface area contributed by atoms with Gasteiger partial charge >= 0.3 is 15.5 Å². The van der Waals surface area contributed by atoms with Crippen LogP contribution in [0.5, 0.6) is 0 Å². The third-order valence-corrected chi connectivity index (χ3v) is 7.75. The zero-order valence-electron chi connectivity index (χ0n) is 16.1. The Morgan fingerprint density at radius 1 is 1.18 bits per heavy atom. The van der Waals surface area contributed by atoms with E-state index in [2.05, 4.69) is 10.6 Å². The first kappa shape index (κ1) is 24.0. The summed E-state index contributed by atoms with van der Waals surface area (Å²) in [6, 6.07) is -0.0826. The van der Waals surface area contributed by atoms with Crippen molar-refractivity contribution in [3.63, 3.8) is 0 Å². The van der Waals surface area contributed by atoms with E-state index in [0.29, 0.717) is 35.1 Å². The molecule has 164 valence electrons. The fourth-order valence-corrected chi connectivity index (χ4v) is 5.14. The number of guanidine groups is 1. The van der Waals surface area contributed by atoms with Gasteiger partial charge in [-0.25, -0.2) is 8.42 Å². The van der Waals surface area contributed by atoms with Gasteiger partial charge in [0, 0.05) is 32.2 Å². The Balaban J connectivity index is 0.00000280. The van der Waals surface area contributed by atoms with Crippen molar-refractivity contribution in [2.24, 2.45) is 16.3 Å². The first-order valence-corrected chi connectivity index (χ1v) is 11.2. The second kappa shape index (κ2) is 9.23. The zero-order valence-corrected chi connectivity index (χ0v) is 19.2. The maximum atomic E-state index is 12.7. The van der Waals surface area contributed by atoms with Crippen LogP contribution in [-0.4, -0.2) is 56.4 Å². The Kier molecular flexibility index (Phi) is 7.91. The fourth-order valence-electron chi connectivity index (χ4n) is 4.16. The number of halogens is 4. The van der Waals surface area contributed by atoms with Crippen LogP contribution in [0.25, 0.3) is 0 Å². The molecule has 0 unspecified atom stereocenters. The fraction of sp³-hybridized carbons (Fsp3) is 0.941. The Hall–Kier alpha value is -0.300. The molecule has 2 aliphatic carbocycles. The SMILES string of the molecule is CCNC(=NCC1(C2CC2)CCC1)NC1CCN(S(=O)(=O)C(F)(F)F)CC1.I. The highest BCUT2D eigenvalue weighted by Crippen LogP contribution is 2.57.